The lowest BCUT2D eigenvalue weighted by Gasteiger charge is -2.28. The van der Waals surface area contributed by atoms with Gasteiger partial charge in [-0.3, -0.25) is 9.78 Å². The predicted octanol–water partition coefficient (Wildman–Crippen LogP) is 3.69. The highest BCUT2D eigenvalue weighted by Crippen LogP contribution is 2.29. The van der Waals surface area contributed by atoms with Crippen molar-refractivity contribution in [2.45, 2.75) is 50.7 Å². The van der Waals surface area contributed by atoms with Crippen LogP contribution in [0.2, 0.25) is 0 Å². The number of nitrogens with one attached hydrogen (secondary N) is 1. The normalized spacial score (nSPS) is 18.1. The first-order valence-electron chi connectivity index (χ1n) is 10.2. The van der Waals surface area contributed by atoms with E-state index in [2.05, 4.69) is 39.7 Å². The first-order chi connectivity index (χ1) is 14.2. The molecule has 3 rings (SSSR count). The summed E-state index contributed by atoms with van der Waals surface area (Å²) in [4.78, 5) is 31.6. The predicted molar refractivity (Wildman–Crippen MR) is 119 cm³/mol. The summed E-state index contributed by atoms with van der Waals surface area (Å²) in [6.07, 6.45) is 3.99. The highest BCUT2D eigenvalue weighted by atomic mass is 32.2. The van der Waals surface area contributed by atoms with Gasteiger partial charge in [0.2, 0.25) is 5.91 Å². The summed E-state index contributed by atoms with van der Waals surface area (Å²) >= 11 is 1.72. The number of ether oxygens (including phenoxy) is 1. The summed E-state index contributed by atoms with van der Waals surface area (Å²) < 4.78 is 7.53. The second-order valence-electron chi connectivity index (χ2n) is 8.51. The Morgan fingerprint density at radius 3 is 2.80 bits per heavy atom. The van der Waals surface area contributed by atoms with Gasteiger partial charge in [-0.2, -0.15) is 0 Å². The molecule has 1 fully saturated rings. The van der Waals surface area contributed by atoms with Crippen LogP contribution in [-0.2, 0) is 9.53 Å². The Morgan fingerprint density at radius 1 is 1.23 bits per heavy atom. The fraction of sp³-hybridized carbons (Fsp3) is 0.500. The molecule has 1 aromatic heterocycles. The van der Waals surface area contributed by atoms with Gasteiger partial charge in [0.1, 0.15) is 12.1 Å². The summed E-state index contributed by atoms with van der Waals surface area (Å²) in [5.41, 5.74) is -0.582. The Labute approximate surface area is 182 Å². The van der Waals surface area contributed by atoms with E-state index in [1.807, 2.05) is 17.2 Å². The average molecular weight is 431 g/mol. The van der Waals surface area contributed by atoms with Crippen molar-refractivity contribution in [1.82, 2.24) is 19.5 Å². The van der Waals surface area contributed by atoms with E-state index in [-0.39, 0.29) is 18.5 Å². The van der Waals surface area contributed by atoms with Gasteiger partial charge in [-0.15, -0.1) is 0 Å². The maximum atomic E-state index is 12.6. The van der Waals surface area contributed by atoms with Gasteiger partial charge in [0.05, 0.1) is 0 Å². The smallest absolute Gasteiger partial charge is 0.408 e. The van der Waals surface area contributed by atoms with E-state index < -0.39 is 11.7 Å². The molecule has 1 aliphatic heterocycles. The molecule has 1 N–H and O–H groups in total. The summed E-state index contributed by atoms with van der Waals surface area (Å²) in [7, 11) is 0. The van der Waals surface area contributed by atoms with Crippen LogP contribution in [0.1, 0.15) is 34.1 Å². The van der Waals surface area contributed by atoms with E-state index in [1.54, 1.807) is 38.9 Å². The van der Waals surface area contributed by atoms with Crippen molar-refractivity contribution in [3.8, 4) is 0 Å². The van der Waals surface area contributed by atoms with Crippen molar-refractivity contribution >= 4 is 34.7 Å². The van der Waals surface area contributed by atoms with E-state index in [0.29, 0.717) is 13.1 Å². The second-order valence-corrected chi connectivity index (χ2v) is 9.64. The van der Waals surface area contributed by atoms with Gasteiger partial charge in [-0.25, -0.2) is 9.10 Å². The molecule has 1 aromatic carbocycles. The van der Waals surface area contributed by atoms with Crippen LogP contribution >= 0.6 is 11.9 Å². The summed E-state index contributed by atoms with van der Waals surface area (Å²) in [5.74, 6) is -0.0854. The number of hydrogen-bond acceptors (Lipinski definition) is 6. The fourth-order valence-corrected chi connectivity index (χ4v) is 4.37. The van der Waals surface area contributed by atoms with Crippen LogP contribution in [0.5, 0.6) is 0 Å². The monoisotopic (exact) mass is 430 g/mol. The van der Waals surface area contributed by atoms with Crippen LogP contribution in [0, 0.1) is 0 Å². The Balaban J connectivity index is 1.55. The number of hydrogen-bond donors (Lipinski definition) is 1. The van der Waals surface area contributed by atoms with Gasteiger partial charge in [0.25, 0.3) is 0 Å². The molecule has 2 heterocycles. The number of rotatable bonds is 4. The Hall–Kier alpha value is -2.32. The summed E-state index contributed by atoms with van der Waals surface area (Å²) in [6.45, 7) is 9.66. The Bertz CT molecular complexity index is 899. The zero-order chi connectivity index (χ0) is 21.7. The average Bonchev–Trinajstić information content (AvgIpc) is 2.86. The number of carbonyl (C=O) groups is 2. The lowest BCUT2D eigenvalue weighted by Crippen LogP contribution is -2.44. The van der Waals surface area contributed by atoms with E-state index in [0.717, 1.165) is 18.4 Å². The van der Waals surface area contributed by atoms with Gasteiger partial charge >= 0.3 is 6.09 Å². The minimum Gasteiger partial charge on any atom is -0.444 e. The molecule has 0 bridgehead atoms. The van der Waals surface area contributed by atoms with Crippen LogP contribution < -0.4 is 5.32 Å². The Morgan fingerprint density at radius 2 is 2.03 bits per heavy atom. The molecule has 1 aliphatic rings. The largest absolute Gasteiger partial charge is 0.444 e. The maximum Gasteiger partial charge on any atom is 0.408 e. The molecule has 162 valence electrons. The third kappa shape index (κ3) is 6.34. The first-order valence-corrected chi connectivity index (χ1v) is 11.0. The molecule has 2 amide bonds. The lowest BCUT2D eigenvalue weighted by atomic mass is 10.2. The molecular weight excluding hydrogens is 400 g/mol. The van der Waals surface area contributed by atoms with Crippen LogP contribution in [0.15, 0.2) is 41.6 Å². The van der Waals surface area contributed by atoms with Crippen molar-refractivity contribution < 1.29 is 14.3 Å². The molecular formula is C22H30N4O3S. The highest BCUT2D eigenvalue weighted by Gasteiger charge is 2.26. The van der Waals surface area contributed by atoms with E-state index in [9.17, 15) is 9.59 Å². The third-order valence-corrected chi connectivity index (χ3v) is 5.99. The second kappa shape index (κ2) is 9.66. The molecule has 0 radical (unpaired) electrons. The third-order valence-electron chi connectivity index (χ3n) is 4.75. The number of amides is 2. The fourth-order valence-electron chi connectivity index (χ4n) is 3.33. The number of benzene rings is 1. The number of nitrogens with zero attached hydrogens (tertiary/aromatic N) is 3. The van der Waals surface area contributed by atoms with E-state index in [1.165, 1.54) is 10.3 Å². The van der Waals surface area contributed by atoms with Gasteiger partial charge in [-0.05, 0) is 69.6 Å². The quantitative estimate of drug-likeness (QED) is 0.746. The van der Waals surface area contributed by atoms with E-state index in [4.69, 9.17) is 4.74 Å². The molecule has 2 aromatic rings. The SMILES string of the molecule is C[C@H]1CN(C(=O)CNC(=O)OC(C)(C)C)CCCN1Sc1ccc2cnccc2c1. The van der Waals surface area contributed by atoms with Crippen LogP contribution in [0.25, 0.3) is 10.8 Å². The first kappa shape index (κ1) is 22.4. The van der Waals surface area contributed by atoms with Gasteiger partial charge in [-0.1, -0.05) is 6.07 Å². The minimum atomic E-state index is -0.582. The van der Waals surface area contributed by atoms with Crippen molar-refractivity contribution in [2.24, 2.45) is 0 Å². The molecule has 7 nitrogen and oxygen atoms in total. The number of fused-ring (bicyclic) bond motifs is 1. The van der Waals surface area contributed by atoms with Crippen molar-refractivity contribution in [3.05, 3.63) is 36.7 Å². The number of aromatic nitrogens is 1. The number of pyridine rings is 1. The minimum absolute atomic E-state index is 0.0481. The van der Waals surface area contributed by atoms with Crippen molar-refractivity contribution in [3.63, 3.8) is 0 Å². The lowest BCUT2D eigenvalue weighted by molar-refractivity contribution is -0.130. The molecule has 0 saturated carbocycles. The molecule has 0 aliphatic carbocycles. The topological polar surface area (TPSA) is 74.8 Å². The van der Waals surface area contributed by atoms with Gasteiger partial charge in [0, 0.05) is 48.4 Å². The van der Waals surface area contributed by atoms with Gasteiger partial charge < -0.3 is 15.0 Å². The standard InChI is InChI=1S/C22H30N4O3S/c1-16-15-25(20(27)14-24-21(28)29-22(2,3)4)10-5-11-26(16)30-19-7-6-18-13-23-9-8-17(18)12-19/h6-9,12-13,16H,5,10-11,14-15H2,1-4H3,(H,24,28)/t16-/m0/s1. The molecule has 0 spiro atoms. The number of carbonyl (C=O) groups excluding carboxylic acids is 2. The molecule has 0 unspecified atom stereocenters. The maximum absolute atomic E-state index is 12.6. The summed E-state index contributed by atoms with van der Waals surface area (Å²) in [5, 5.41) is 4.86. The zero-order valence-corrected chi connectivity index (χ0v) is 18.9. The van der Waals surface area contributed by atoms with Crippen LogP contribution in [-0.4, -0.2) is 64.0 Å². The number of alkyl carbamates (subject to hydrolysis) is 1. The van der Waals surface area contributed by atoms with E-state index >= 15 is 0 Å². The molecule has 1 saturated heterocycles. The zero-order valence-electron chi connectivity index (χ0n) is 18.1. The molecule has 1 atom stereocenters. The molecule has 30 heavy (non-hydrogen) atoms. The molecule has 8 heteroatoms. The van der Waals surface area contributed by atoms with Gasteiger partial charge in [0.15, 0.2) is 0 Å². The van der Waals surface area contributed by atoms with Crippen molar-refractivity contribution in [2.75, 3.05) is 26.2 Å². The highest BCUT2D eigenvalue weighted by molar-refractivity contribution is 7.97. The van der Waals surface area contributed by atoms with Crippen LogP contribution in [0.4, 0.5) is 4.79 Å². The van der Waals surface area contributed by atoms with Crippen molar-refractivity contribution in [1.29, 1.82) is 0 Å². The van der Waals surface area contributed by atoms with Crippen LogP contribution in [0.3, 0.4) is 0 Å². The Kier molecular flexibility index (Phi) is 7.20. The summed E-state index contributed by atoms with van der Waals surface area (Å²) in [6, 6.07) is 8.58.